The number of nitro benzene ring substituents is 1. The van der Waals surface area contributed by atoms with Gasteiger partial charge in [-0.2, -0.15) is 0 Å². The number of benzene rings is 1. The molecule has 0 amide bonds. The Bertz CT molecular complexity index is 512. The Morgan fingerprint density at radius 2 is 2.05 bits per heavy atom. The summed E-state index contributed by atoms with van der Waals surface area (Å²) in [5.74, 6) is 1.35. The van der Waals surface area contributed by atoms with Gasteiger partial charge in [0.25, 0.3) is 0 Å². The molecule has 0 bridgehead atoms. The van der Waals surface area contributed by atoms with Crippen LogP contribution in [0.3, 0.4) is 0 Å². The normalized spacial score (nSPS) is 26.0. The van der Waals surface area contributed by atoms with Crippen molar-refractivity contribution in [2.75, 3.05) is 0 Å². The molecule has 0 heterocycles. The van der Waals surface area contributed by atoms with Crippen LogP contribution >= 0.6 is 0 Å². The zero-order valence-electron chi connectivity index (χ0n) is 12.8. The number of nitrogens with zero attached hydrogens (tertiary/aromatic N) is 1. The van der Waals surface area contributed by atoms with Gasteiger partial charge in [-0.05, 0) is 0 Å². The van der Waals surface area contributed by atoms with Crippen molar-refractivity contribution < 1.29 is 10.0 Å². The van der Waals surface area contributed by atoms with Crippen LogP contribution in [0, 0.1) is 27.9 Å². The molecule has 0 radical (unpaired) electrons. The van der Waals surface area contributed by atoms with Gasteiger partial charge in [0, 0.05) is 0 Å². The first-order valence-electron chi connectivity index (χ1n) is 7.39. The third-order valence-corrected chi connectivity index (χ3v) is 7.12. The fraction of sp³-hybridized carbons (Fsp3) is 0.625. The molecule has 21 heavy (non-hydrogen) atoms. The standard InChI is InChI=1S/C16H23NO3Se/c1-11-8-9-13(16(2,3)18)12(11)10-21-15-7-5-4-6-14(15)17(19)20/h4-7,11-13,18H,8-10H2,1-3H3/t11-,12+,13+/m0/s1. The van der Waals surface area contributed by atoms with E-state index in [1.165, 1.54) is 0 Å². The molecule has 0 unspecified atom stereocenters. The number of para-hydroxylation sites is 1. The molecule has 1 saturated carbocycles. The molecular weight excluding hydrogens is 333 g/mol. The first-order chi connectivity index (χ1) is 9.80. The molecule has 1 fully saturated rings. The third-order valence-electron chi connectivity index (χ3n) is 4.58. The SMILES string of the molecule is C[C@H]1CC[C@@H](C(C)(C)O)[C@@H]1C[Se]c1ccccc1[N+](=O)[O-]. The van der Waals surface area contributed by atoms with Gasteiger partial charge in [-0.15, -0.1) is 0 Å². The summed E-state index contributed by atoms with van der Waals surface area (Å²) in [6.45, 7) is 6.02. The van der Waals surface area contributed by atoms with Crippen molar-refractivity contribution in [2.45, 2.75) is 44.5 Å². The van der Waals surface area contributed by atoms with Crippen LogP contribution in [0.2, 0.25) is 5.32 Å². The predicted octanol–water partition coefficient (Wildman–Crippen LogP) is 2.78. The van der Waals surface area contributed by atoms with E-state index in [0.29, 0.717) is 17.8 Å². The minimum atomic E-state index is -0.659. The van der Waals surface area contributed by atoms with Crippen molar-refractivity contribution in [1.29, 1.82) is 0 Å². The van der Waals surface area contributed by atoms with Gasteiger partial charge in [0.2, 0.25) is 0 Å². The Morgan fingerprint density at radius 3 is 2.67 bits per heavy atom. The van der Waals surface area contributed by atoms with Gasteiger partial charge >= 0.3 is 132 Å². The van der Waals surface area contributed by atoms with Crippen molar-refractivity contribution in [3.05, 3.63) is 34.4 Å². The van der Waals surface area contributed by atoms with Crippen LogP contribution in [0.25, 0.3) is 0 Å². The first-order valence-corrected chi connectivity index (χ1v) is 9.46. The molecule has 5 heteroatoms. The molecule has 0 saturated heterocycles. The molecule has 0 spiro atoms. The minimum absolute atomic E-state index is 0.0798. The summed E-state index contributed by atoms with van der Waals surface area (Å²) in [7, 11) is 0. The summed E-state index contributed by atoms with van der Waals surface area (Å²) >= 11 is 0.0798. The number of aliphatic hydroxyl groups is 1. The number of hydrogen-bond acceptors (Lipinski definition) is 3. The molecule has 0 aliphatic heterocycles. The summed E-state index contributed by atoms with van der Waals surface area (Å²) in [5.41, 5.74) is -0.420. The van der Waals surface area contributed by atoms with E-state index in [1.807, 2.05) is 26.0 Å². The van der Waals surface area contributed by atoms with Gasteiger partial charge < -0.3 is 0 Å². The van der Waals surface area contributed by atoms with E-state index in [2.05, 4.69) is 6.92 Å². The van der Waals surface area contributed by atoms with Crippen molar-refractivity contribution in [3.8, 4) is 0 Å². The second-order valence-corrected chi connectivity index (χ2v) is 8.74. The maximum atomic E-state index is 11.1. The average Bonchev–Trinajstić information content (AvgIpc) is 2.77. The second kappa shape index (κ2) is 6.47. The van der Waals surface area contributed by atoms with Crippen molar-refractivity contribution in [3.63, 3.8) is 0 Å². The molecule has 1 aromatic carbocycles. The predicted molar refractivity (Wildman–Crippen MR) is 85.0 cm³/mol. The van der Waals surface area contributed by atoms with Gasteiger partial charge in [0.15, 0.2) is 0 Å². The van der Waals surface area contributed by atoms with E-state index in [1.54, 1.807) is 12.1 Å². The van der Waals surface area contributed by atoms with E-state index in [0.717, 1.165) is 22.6 Å². The Balaban J connectivity index is 2.10. The molecule has 3 atom stereocenters. The van der Waals surface area contributed by atoms with Crippen LogP contribution in [0.1, 0.15) is 33.6 Å². The summed E-state index contributed by atoms with van der Waals surface area (Å²) in [5, 5.41) is 22.4. The number of rotatable bonds is 5. The summed E-state index contributed by atoms with van der Waals surface area (Å²) in [6, 6.07) is 7.05. The van der Waals surface area contributed by atoms with E-state index < -0.39 is 5.60 Å². The molecule has 2 rings (SSSR count). The molecule has 1 aliphatic rings. The monoisotopic (exact) mass is 357 g/mol. The van der Waals surface area contributed by atoms with Crippen LogP contribution < -0.4 is 4.46 Å². The van der Waals surface area contributed by atoms with Gasteiger partial charge in [0.1, 0.15) is 0 Å². The molecule has 1 aliphatic carbocycles. The van der Waals surface area contributed by atoms with E-state index >= 15 is 0 Å². The van der Waals surface area contributed by atoms with E-state index in [9.17, 15) is 15.2 Å². The van der Waals surface area contributed by atoms with E-state index in [-0.39, 0.29) is 25.6 Å². The average molecular weight is 356 g/mol. The fourth-order valence-electron chi connectivity index (χ4n) is 3.34. The van der Waals surface area contributed by atoms with Crippen LogP contribution in [0.5, 0.6) is 0 Å². The van der Waals surface area contributed by atoms with Gasteiger partial charge in [-0.1, -0.05) is 0 Å². The van der Waals surface area contributed by atoms with Crippen molar-refractivity contribution >= 4 is 25.1 Å². The van der Waals surface area contributed by atoms with Crippen molar-refractivity contribution in [1.82, 2.24) is 0 Å². The van der Waals surface area contributed by atoms with Gasteiger partial charge in [0.05, 0.1) is 0 Å². The van der Waals surface area contributed by atoms with Crippen molar-refractivity contribution in [2.24, 2.45) is 17.8 Å². The summed E-state index contributed by atoms with van der Waals surface area (Å²) < 4.78 is 0.864. The summed E-state index contributed by atoms with van der Waals surface area (Å²) in [4.78, 5) is 10.8. The quantitative estimate of drug-likeness (QED) is 0.501. The zero-order valence-corrected chi connectivity index (χ0v) is 14.5. The van der Waals surface area contributed by atoms with Crippen LogP contribution in [-0.2, 0) is 0 Å². The Morgan fingerprint density at radius 1 is 1.38 bits per heavy atom. The molecule has 1 N–H and O–H groups in total. The molecule has 0 aromatic heterocycles. The van der Waals surface area contributed by atoms with Crippen LogP contribution in [-0.4, -0.2) is 30.6 Å². The zero-order chi connectivity index (χ0) is 15.6. The Labute approximate surface area is 132 Å². The van der Waals surface area contributed by atoms with Crippen LogP contribution in [0.4, 0.5) is 5.69 Å². The molecular formula is C16H23NO3Se. The number of hydrogen-bond donors (Lipinski definition) is 1. The summed E-state index contributed by atoms with van der Waals surface area (Å²) in [6.07, 6.45) is 2.20. The van der Waals surface area contributed by atoms with Crippen LogP contribution in [0.15, 0.2) is 24.3 Å². The molecule has 4 nitrogen and oxygen atoms in total. The Hall–Kier alpha value is -0.901. The van der Waals surface area contributed by atoms with Gasteiger partial charge in [-0.25, -0.2) is 0 Å². The number of nitro groups is 1. The maximum absolute atomic E-state index is 11.1. The van der Waals surface area contributed by atoms with E-state index in [4.69, 9.17) is 0 Å². The first kappa shape index (κ1) is 16.5. The Kier molecular flexibility index (Phi) is 5.07. The topological polar surface area (TPSA) is 63.4 Å². The molecule has 1 aromatic rings. The third kappa shape index (κ3) is 3.85. The van der Waals surface area contributed by atoms with Gasteiger partial charge in [-0.3, -0.25) is 0 Å². The second-order valence-electron chi connectivity index (χ2n) is 6.51. The molecule has 116 valence electrons. The fourth-order valence-corrected chi connectivity index (χ4v) is 6.27.